The maximum absolute atomic E-state index is 14.3. The molecular weight excluding hydrogens is 825 g/mol. The predicted octanol–water partition coefficient (Wildman–Crippen LogP) is 9.20. The van der Waals surface area contributed by atoms with Gasteiger partial charge >= 0.3 is 12.2 Å². The van der Waals surface area contributed by atoms with Crippen molar-refractivity contribution in [3.05, 3.63) is 65.9 Å². The third-order valence-electron chi connectivity index (χ3n) is 13.3. The molecule has 3 aromatic carbocycles. The van der Waals surface area contributed by atoms with Crippen LogP contribution in [0.2, 0.25) is 0 Å². The van der Waals surface area contributed by atoms with Gasteiger partial charge in [0.05, 0.1) is 55.3 Å². The Balaban J connectivity index is 1.29. The van der Waals surface area contributed by atoms with Crippen LogP contribution in [-0.4, -0.2) is 92.1 Å². The summed E-state index contributed by atoms with van der Waals surface area (Å²) < 4.78 is 16.2. The van der Waals surface area contributed by atoms with E-state index in [1.807, 2.05) is 85.4 Å². The van der Waals surface area contributed by atoms with Crippen LogP contribution in [-0.2, 0) is 25.7 Å². The van der Waals surface area contributed by atoms with Gasteiger partial charge in [-0.3, -0.25) is 9.59 Å². The van der Waals surface area contributed by atoms with Crippen LogP contribution in [0.25, 0.3) is 44.2 Å². The number of benzene rings is 3. The van der Waals surface area contributed by atoms with Gasteiger partial charge < -0.3 is 44.6 Å². The van der Waals surface area contributed by atoms with E-state index < -0.39 is 42.4 Å². The number of methoxy groups -OCH3 is 2. The fraction of sp³-hybridized carbons (Fsp3) is 0.480. The van der Waals surface area contributed by atoms with E-state index in [1.54, 1.807) is 11.1 Å². The summed E-state index contributed by atoms with van der Waals surface area (Å²) in [6, 6.07) is 11.2. The van der Waals surface area contributed by atoms with E-state index in [0.29, 0.717) is 37.5 Å². The van der Waals surface area contributed by atoms with Gasteiger partial charge in [-0.2, -0.15) is 0 Å². The zero-order chi connectivity index (χ0) is 47.3. The molecule has 6 rings (SSSR count). The van der Waals surface area contributed by atoms with E-state index >= 15 is 0 Å². The minimum absolute atomic E-state index is 0.113. The normalized spacial score (nSPS) is 15.7. The summed E-state index contributed by atoms with van der Waals surface area (Å²) >= 11 is 0. The number of carbonyl (C=O) groups excluding carboxylic acids is 4. The number of H-pyrrole nitrogens is 2. The highest BCUT2D eigenvalue weighted by Gasteiger charge is 2.38. The number of alkyl carbamates (subject to hydrolysis) is 2. The first kappa shape index (κ1) is 47.9. The SMILES string of the molecule is C#C[C@@H](CC)N(C(=O)C(NC(=O)OC)[C@@H](C)CC)[C@@H](C)c1nc2ccc3cc4c(cc3c2[nH]1)OCc1cc(-c2cnc([C@H](C)N(C(=O)C(NC(=O)OC)[C@@H](C)CC)[C@@H](C)CC)[nH]2)ccc1-4. The first-order chi connectivity index (χ1) is 31.1. The molecule has 15 nitrogen and oxygen atoms in total. The molecule has 1 aliphatic heterocycles. The van der Waals surface area contributed by atoms with E-state index in [9.17, 15) is 19.2 Å². The Morgan fingerprint density at radius 2 is 1.42 bits per heavy atom. The van der Waals surface area contributed by atoms with Crippen LogP contribution in [0.5, 0.6) is 5.75 Å². The van der Waals surface area contributed by atoms with Crippen LogP contribution in [0, 0.1) is 24.2 Å². The number of aromatic amines is 2. The maximum atomic E-state index is 14.3. The Hall–Kier alpha value is -6.56. The average Bonchev–Trinajstić information content (AvgIpc) is 4.01. The van der Waals surface area contributed by atoms with Crippen molar-refractivity contribution in [3.8, 4) is 40.5 Å². The lowest BCUT2D eigenvalue weighted by Gasteiger charge is -2.37. The minimum Gasteiger partial charge on any atom is -0.488 e. The van der Waals surface area contributed by atoms with E-state index in [0.717, 1.165) is 61.9 Å². The summed E-state index contributed by atoms with van der Waals surface area (Å²) in [5.41, 5.74) is 6.28. The highest BCUT2D eigenvalue weighted by atomic mass is 16.5. The second-order valence-electron chi connectivity index (χ2n) is 17.2. The quantitative estimate of drug-likeness (QED) is 0.0661. The molecule has 1 aliphatic rings. The van der Waals surface area contributed by atoms with Crippen LogP contribution in [0.1, 0.15) is 117 Å². The Labute approximate surface area is 381 Å². The summed E-state index contributed by atoms with van der Waals surface area (Å²) in [6.45, 7) is 18.0. The molecule has 0 spiro atoms. The molecule has 2 aromatic heterocycles. The van der Waals surface area contributed by atoms with Gasteiger partial charge in [-0.05, 0) is 91.8 Å². The number of terminal acetylenes is 1. The molecule has 3 heterocycles. The summed E-state index contributed by atoms with van der Waals surface area (Å²) in [5.74, 6) is 3.93. The smallest absolute Gasteiger partial charge is 0.407 e. The minimum atomic E-state index is -0.847. The van der Waals surface area contributed by atoms with Gasteiger partial charge in [0.25, 0.3) is 0 Å². The number of hydrogen-bond donors (Lipinski definition) is 4. The molecule has 4 amide bonds. The molecule has 0 bridgehead atoms. The van der Waals surface area contributed by atoms with Crippen molar-refractivity contribution in [2.24, 2.45) is 11.8 Å². The van der Waals surface area contributed by atoms with Crippen molar-refractivity contribution in [1.82, 2.24) is 40.4 Å². The number of ether oxygens (including phenoxy) is 3. The van der Waals surface area contributed by atoms with Gasteiger partial charge in [-0.15, -0.1) is 6.42 Å². The van der Waals surface area contributed by atoms with E-state index in [1.165, 1.54) is 14.2 Å². The summed E-state index contributed by atoms with van der Waals surface area (Å²) in [4.78, 5) is 73.3. The van der Waals surface area contributed by atoms with Crippen LogP contribution in [0.3, 0.4) is 0 Å². The van der Waals surface area contributed by atoms with Gasteiger partial charge in [0.15, 0.2) is 0 Å². The molecule has 65 heavy (non-hydrogen) atoms. The highest BCUT2D eigenvalue weighted by molar-refractivity contribution is 6.07. The molecule has 0 aliphatic carbocycles. The first-order valence-electron chi connectivity index (χ1n) is 22.7. The van der Waals surface area contributed by atoms with E-state index in [2.05, 4.69) is 50.8 Å². The summed E-state index contributed by atoms with van der Waals surface area (Å²) in [6.07, 6.45) is 9.04. The Kier molecular flexibility index (Phi) is 15.1. The monoisotopic (exact) mass is 888 g/mol. The van der Waals surface area contributed by atoms with Crippen molar-refractivity contribution in [2.75, 3.05) is 14.2 Å². The van der Waals surface area contributed by atoms with Gasteiger partial charge in [-0.25, -0.2) is 19.6 Å². The van der Waals surface area contributed by atoms with Crippen LogP contribution >= 0.6 is 0 Å². The van der Waals surface area contributed by atoms with Crippen molar-refractivity contribution in [3.63, 3.8) is 0 Å². The molecule has 0 saturated carbocycles. The number of imidazole rings is 2. The molecule has 346 valence electrons. The summed E-state index contributed by atoms with van der Waals surface area (Å²) in [7, 11) is 2.56. The number of aromatic nitrogens is 4. The lowest BCUT2D eigenvalue weighted by atomic mass is 9.92. The topological polar surface area (TPSA) is 184 Å². The molecule has 8 atom stereocenters. The Morgan fingerprint density at radius 3 is 2.00 bits per heavy atom. The second-order valence-corrected chi connectivity index (χ2v) is 17.2. The molecule has 5 aromatic rings. The largest absolute Gasteiger partial charge is 0.488 e. The number of hydrogen-bond acceptors (Lipinski definition) is 9. The van der Waals surface area contributed by atoms with E-state index in [-0.39, 0.29) is 29.7 Å². The zero-order valence-corrected chi connectivity index (χ0v) is 39.5. The Morgan fingerprint density at radius 1 is 0.785 bits per heavy atom. The molecule has 0 saturated heterocycles. The van der Waals surface area contributed by atoms with Crippen LogP contribution in [0.4, 0.5) is 9.59 Å². The number of fused-ring (bicyclic) bond motifs is 6. The second kappa shape index (κ2) is 20.5. The lowest BCUT2D eigenvalue weighted by molar-refractivity contribution is -0.140. The molecule has 15 heteroatoms. The van der Waals surface area contributed by atoms with Crippen molar-refractivity contribution in [1.29, 1.82) is 0 Å². The molecule has 2 unspecified atom stereocenters. The Bertz CT molecular complexity index is 2580. The third kappa shape index (κ3) is 9.62. The van der Waals surface area contributed by atoms with Gasteiger partial charge in [0.1, 0.15) is 36.1 Å². The molecule has 0 radical (unpaired) electrons. The number of carbonyl (C=O) groups is 4. The standard InChI is InChI=1S/C50H64N8O7/c1-13-27(6)42(55-49(61)63-11)47(59)57(29(8)15-3)30(9)45-51-25-40(53-45)33-18-20-36-34(22-33)26-65-41-24-37-32(23-38(36)41)19-21-39-44(37)54-46(52-39)31(10)58(35(16-4)17-5)48(60)43(28(7)14-2)56-50(62)64-12/h4,18-25,27-31,35,42-43H,13-15,17,26H2,1-3,5-12H3,(H,51,53)(H,52,54)(H,55,61)(H,56,62)/t27-,28-,29-,30-,31-,35-,42?,43?/m0/s1. The zero-order valence-electron chi connectivity index (χ0n) is 39.5. The first-order valence-corrected chi connectivity index (χ1v) is 22.7. The number of rotatable bonds is 17. The average molecular weight is 889 g/mol. The highest BCUT2D eigenvalue weighted by Crippen LogP contribution is 2.43. The van der Waals surface area contributed by atoms with Gasteiger partial charge in [0.2, 0.25) is 11.8 Å². The lowest BCUT2D eigenvalue weighted by Crippen LogP contribution is -2.54. The number of nitrogens with zero attached hydrogens (tertiary/aromatic N) is 4. The van der Waals surface area contributed by atoms with Crippen molar-refractivity contribution < 1.29 is 33.4 Å². The van der Waals surface area contributed by atoms with Gasteiger partial charge in [0, 0.05) is 17.0 Å². The molecule has 0 fully saturated rings. The molecular formula is C50H64N8O7. The number of nitrogens with one attached hydrogen (secondary N) is 4. The number of amides is 4. The van der Waals surface area contributed by atoms with Crippen LogP contribution < -0.4 is 15.4 Å². The third-order valence-corrected chi connectivity index (χ3v) is 13.3. The van der Waals surface area contributed by atoms with Gasteiger partial charge in [-0.1, -0.05) is 78.5 Å². The predicted molar refractivity (Wildman–Crippen MR) is 252 cm³/mol. The van der Waals surface area contributed by atoms with Crippen molar-refractivity contribution in [2.45, 2.75) is 131 Å². The maximum Gasteiger partial charge on any atom is 0.407 e. The fourth-order valence-corrected chi connectivity index (χ4v) is 8.69. The van der Waals surface area contributed by atoms with E-state index in [4.69, 9.17) is 30.6 Å². The fourth-order valence-electron chi connectivity index (χ4n) is 8.69. The molecule has 4 N–H and O–H groups in total. The summed E-state index contributed by atoms with van der Waals surface area (Å²) in [5, 5.41) is 7.41. The van der Waals surface area contributed by atoms with Crippen LogP contribution in [0.15, 0.2) is 48.7 Å². The van der Waals surface area contributed by atoms with Crippen molar-refractivity contribution >= 4 is 45.8 Å².